The third kappa shape index (κ3) is 5.91. The van der Waals surface area contributed by atoms with Crippen molar-refractivity contribution in [2.24, 2.45) is 0 Å². The van der Waals surface area contributed by atoms with Crippen LogP contribution in [0.15, 0.2) is 96.1 Å². The smallest absolute Gasteiger partial charge is 0.322 e. The summed E-state index contributed by atoms with van der Waals surface area (Å²) in [4.78, 5) is 23.3. The molecule has 0 saturated carbocycles. The van der Waals surface area contributed by atoms with Crippen molar-refractivity contribution in [1.82, 2.24) is 0 Å². The molecule has 0 N–H and O–H groups in total. The molecule has 4 unspecified atom stereocenters. The highest BCUT2D eigenvalue weighted by molar-refractivity contribution is 9.10. The monoisotopic (exact) mass is 668 g/mol. The Kier molecular flexibility index (Phi) is 8.40. The molecule has 0 aliphatic heterocycles. The number of nitro groups is 2. The summed E-state index contributed by atoms with van der Waals surface area (Å²) in [6, 6.07) is 14.5. The van der Waals surface area contributed by atoms with Crippen molar-refractivity contribution < 1.29 is 14.6 Å². The molecule has 4 rings (SSSR count). The normalized spacial score (nSPS) is 26.9. The van der Waals surface area contributed by atoms with Crippen molar-refractivity contribution >= 4 is 55.1 Å². The summed E-state index contributed by atoms with van der Waals surface area (Å²) in [7, 11) is 0. The molecule has 0 radical (unpaired) electrons. The summed E-state index contributed by atoms with van der Waals surface area (Å²) >= 11 is 19.0. The number of alkyl halides is 2. The average Bonchev–Trinajstić information content (AvgIpc) is 2.85. The number of rotatable bonds is 8. The zero-order valence-electron chi connectivity index (χ0n) is 19.1. The van der Waals surface area contributed by atoms with Crippen molar-refractivity contribution in [3.8, 4) is 0 Å². The predicted molar refractivity (Wildman–Crippen MR) is 151 cm³/mol. The molecule has 2 aliphatic rings. The van der Waals surface area contributed by atoms with Gasteiger partial charge in [-0.2, -0.15) is 0 Å². The second-order valence-electron chi connectivity index (χ2n) is 8.64. The molecule has 7 nitrogen and oxygen atoms in total. The van der Waals surface area contributed by atoms with Gasteiger partial charge in [0.15, 0.2) is 12.2 Å². The maximum Gasteiger partial charge on any atom is 0.322 e. The summed E-state index contributed by atoms with van der Waals surface area (Å²) in [6.45, 7) is 0. The fraction of sp³-hybridized carbons (Fsp3) is 0.231. The Bertz CT molecular complexity index is 1260. The minimum atomic E-state index is -1.84. The van der Waals surface area contributed by atoms with Gasteiger partial charge in [0.2, 0.25) is 0 Å². The summed E-state index contributed by atoms with van der Waals surface area (Å²) in [5, 5.41) is 25.4. The predicted octanol–water partition coefficient (Wildman–Crippen LogP) is 7.26. The molecule has 0 fully saturated rings. The Balaban J connectivity index is 1.58. The molecule has 0 spiro atoms. The van der Waals surface area contributed by atoms with Gasteiger partial charge >= 0.3 is 8.90 Å². The largest absolute Gasteiger partial charge is 0.349 e. The lowest BCUT2D eigenvalue weighted by molar-refractivity contribution is -0.546. The number of ether oxygens (including phenoxy) is 1. The maximum atomic E-state index is 12.2. The Hall–Kier alpha value is -2.30. The van der Waals surface area contributed by atoms with Crippen LogP contribution >= 0.6 is 55.1 Å². The third-order valence-corrected chi connectivity index (χ3v) is 8.78. The van der Waals surface area contributed by atoms with E-state index < -0.39 is 31.0 Å². The standard InChI is InChI=1S/C26H20Br2Cl2N2O5/c27-25(31(33)34)15-17(13-19-5-1-3-7-21(19)29)9-11-23(25)37-24-12-10-18(16-26(24,28)32(35)36)14-20-6-2-4-8-22(20)30/h1-12,15-16,23-24H,13-14H2. The van der Waals surface area contributed by atoms with E-state index in [1.165, 1.54) is 24.3 Å². The van der Waals surface area contributed by atoms with E-state index in [0.717, 1.165) is 11.1 Å². The first-order valence-corrected chi connectivity index (χ1v) is 13.5. The second kappa shape index (κ2) is 11.2. The lowest BCUT2D eigenvalue weighted by Gasteiger charge is -2.33. The van der Waals surface area contributed by atoms with Crippen molar-refractivity contribution in [3.63, 3.8) is 0 Å². The Morgan fingerprint density at radius 3 is 1.49 bits per heavy atom. The third-order valence-electron chi connectivity index (χ3n) is 6.10. The molecule has 2 aliphatic carbocycles. The van der Waals surface area contributed by atoms with E-state index in [2.05, 4.69) is 31.9 Å². The van der Waals surface area contributed by atoms with Gasteiger partial charge in [-0.1, -0.05) is 71.8 Å². The minimum Gasteiger partial charge on any atom is -0.349 e. The topological polar surface area (TPSA) is 95.5 Å². The summed E-state index contributed by atoms with van der Waals surface area (Å²) in [5.74, 6) is 0. The molecule has 0 bridgehead atoms. The van der Waals surface area contributed by atoms with Crippen LogP contribution in [0.25, 0.3) is 0 Å². The quantitative estimate of drug-likeness (QED) is 0.128. The first kappa shape index (κ1) is 27.7. The molecule has 0 aromatic heterocycles. The lowest BCUT2D eigenvalue weighted by atomic mass is 9.93. The minimum absolute atomic E-state index is 0.374. The van der Waals surface area contributed by atoms with Gasteiger partial charge in [0.05, 0.1) is 0 Å². The van der Waals surface area contributed by atoms with Gasteiger partial charge in [-0.3, -0.25) is 20.2 Å². The highest BCUT2D eigenvalue weighted by Gasteiger charge is 2.54. The van der Waals surface area contributed by atoms with Crippen LogP contribution in [-0.4, -0.2) is 31.0 Å². The van der Waals surface area contributed by atoms with Gasteiger partial charge in [-0.05, 0) is 59.4 Å². The van der Waals surface area contributed by atoms with Gasteiger partial charge in [0.1, 0.15) is 0 Å². The lowest BCUT2D eigenvalue weighted by Crippen LogP contribution is -2.51. The first-order valence-electron chi connectivity index (χ1n) is 11.1. The van der Waals surface area contributed by atoms with E-state index in [4.69, 9.17) is 27.9 Å². The number of hydrogen-bond donors (Lipinski definition) is 0. The number of nitrogens with zero attached hydrogens (tertiary/aromatic N) is 2. The summed E-state index contributed by atoms with van der Waals surface area (Å²) < 4.78 is 2.37. The summed E-state index contributed by atoms with van der Waals surface area (Å²) in [5.41, 5.74) is 2.94. The Morgan fingerprint density at radius 2 is 1.14 bits per heavy atom. The Labute approximate surface area is 240 Å². The number of hydrogen-bond acceptors (Lipinski definition) is 5. The zero-order valence-corrected chi connectivity index (χ0v) is 23.8. The number of benzene rings is 2. The zero-order chi connectivity index (χ0) is 26.8. The van der Waals surface area contributed by atoms with Crippen molar-refractivity contribution in [3.05, 3.63) is 138 Å². The first-order chi connectivity index (χ1) is 17.5. The maximum absolute atomic E-state index is 12.2. The molecule has 192 valence electrons. The molecular formula is C26H20Br2Cl2N2O5. The highest BCUT2D eigenvalue weighted by atomic mass is 79.9. The van der Waals surface area contributed by atoms with Crippen LogP contribution in [0.5, 0.6) is 0 Å². The van der Waals surface area contributed by atoms with E-state index >= 15 is 0 Å². The fourth-order valence-corrected chi connectivity index (χ4v) is 5.68. The SMILES string of the molecule is O=[N+]([O-])C1(Br)C=C(Cc2ccccc2Cl)C=CC1OC1C=CC(Cc2ccccc2Cl)=CC1(Br)[N+](=O)[O-]. The molecule has 2 aromatic rings. The van der Waals surface area contributed by atoms with Crippen LogP contribution < -0.4 is 0 Å². The van der Waals surface area contributed by atoms with Gasteiger partial charge in [-0.15, -0.1) is 0 Å². The molecule has 0 heterocycles. The van der Waals surface area contributed by atoms with Crippen LogP contribution in [0.4, 0.5) is 0 Å². The molecule has 2 aromatic carbocycles. The van der Waals surface area contributed by atoms with Crippen molar-refractivity contribution in [2.45, 2.75) is 33.9 Å². The molecule has 37 heavy (non-hydrogen) atoms. The van der Waals surface area contributed by atoms with Crippen LogP contribution in [0.1, 0.15) is 11.1 Å². The van der Waals surface area contributed by atoms with Crippen LogP contribution in [-0.2, 0) is 17.6 Å². The van der Waals surface area contributed by atoms with Gasteiger partial charge in [0.25, 0.3) is 0 Å². The van der Waals surface area contributed by atoms with E-state index in [1.807, 2.05) is 24.3 Å². The highest BCUT2D eigenvalue weighted by Crippen LogP contribution is 2.40. The van der Waals surface area contributed by atoms with Crippen molar-refractivity contribution in [2.75, 3.05) is 0 Å². The Morgan fingerprint density at radius 1 is 0.757 bits per heavy atom. The van der Waals surface area contributed by atoms with Gasteiger partial charge < -0.3 is 4.74 Å². The van der Waals surface area contributed by atoms with Crippen molar-refractivity contribution in [1.29, 1.82) is 0 Å². The van der Waals surface area contributed by atoms with E-state index in [0.29, 0.717) is 34.0 Å². The second-order valence-corrected chi connectivity index (χ2v) is 12.0. The van der Waals surface area contributed by atoms with E-state index in [-0.39, 0.29) is 0 Å². The molecule has 0 saturated heterocycles. The molecule has 11 heteroatoms. The average molecular weight is 671 g/mol. The van der Waals surface area contributed by atoms with Crippen LogP contribution in [0.3, 0.4) is 0 Å². The fourth-order valence-electron chi connectivity index (χ4n) is 4.17. The molecular weight excluding hydrogens is 651 g/mol. The van der Waals surface area contributed by atoms with E-state index in [9.17, 15) is 20.2 Å². The van der Waals surface area contributed by atoms with Crippen LogP contribution in [0.2, 0.25) is 10.0 Å². The van der Waals surface area contributed by atoms with Crippen LogP contribution in [0, 0.1) is 20.2 Å². The number of halogens is 4. The van der Waals surface area contributed by atoms with Gasteiger partial charge in [-0.25, -0.2) is 0 Å². The number of allylic oxidation sites excluding steroid dienone is 4. The summed E-state index contributed by atoms with van der Waals surface area (Å²) in [6.07, 6.45) is 7.88. The molecule has 0 amide bonds. The van der Waals surface area contributed by atoms with E-state index in [1.54, 1.807) is 36.4 Å². The molecule has 4 atom stereocenters. The van der Waals surface area contributed by atoms with Gasteiger partial charge in [0, 0.05) is 63.9 Å².